The molecule has 0 fully saturated rings. The maximum atomic E-state index is 11.7. The molecule has 1 rings (SSSR count). The molecule has 0 saturated carbocycles. The van der Waals surface area contributed by atoms with E-state index < -0.39 is 0 Å². The summed E-state index contributed by atoms with van der Waals surface area (Å²) in [6, 6.07) is 8.97. The van der Waals surface area contributed by atoms with Gasteiger partial charge < -0.3 is 5.32 Å². The predicted molar refractivity (Wildman–Crippen MR) is 58.7 cm³/mol. The Morgan fingerprint density at radius 2 is 1.87 bits per heavy atom. The van der Waals surface area contributed by atoms with Crippen molar-refractivity contribution in [3.63, 3.8) is 0 Å². The molecule has 1 aromatic carbocycles. The van der Waals surface area contributed by atoms with Crippen LogP contribution in [0.1, 0.15) is 30.6 Å². The number of rotatable bonds is 4. The Bertz CT molecular complexity index is 346. The van der Waals surface area contributed by atoms with Gasteiger partial charge in [0.1, 0.15) is 0 Å². The lowest BCUT2D eigenvalue weighted by molar-refractivity contribution is -0.119. The first kappa shape index (κ1) is 11.4. The molecule has 1 atom stereocenters. The lowest BCUT2D eigenvalue weighted by Gasteiger charge is -2.11. The van der Waals surface area contributed by atoms with Crippen molar-refractivity contribution in [2.75, 3.05) is 0 Å². The Labute approximate surface area is 89.5 Å². The molecular weight excluding hydrogens is 190 g/mol. The maximum Gasteiger partial charge on any atom is 0.217 e. The van der Waals surface area contributed by atoms with E-state index in [1.807, 2.05) is 25.1 Å². The van der Waals surface area contributed by atoms with E-state index >= 15 is 0 Å². The lowest BCUT2D eigenvalue weighted by Crippen LogP contribution is -2.32. The molecule has 0 aliphatic rings. The molecule has 0 bridgehead atoms. The molecule has 0 aliphatic heterocycles. The normalized spacial score (nSPS) is 11.9. The third kappa shape index (κ3) is 3.94. The van der Waals surface area contributed by atoms with Crippen LogP contribution in [0.2, 0.25) is 0 Å². The van der Waals surface area contributed by atoms with Gasteiger partial charge in [0.15, 0.2) is 5.78 Å². The Morgan fingerprint density at radius 3 is 2.40 bits per heavy atom. The molecule has 0 radical (unpaired) electrons. The van der Waals surface area contributed by atoms with E-state index in [2.05, 4.69) is 5.32 Å². The van der Waals surface area contributed by atoms with Crippen molar-refractivity contribution in [1.29, 1.82) is 0 Å². The van der Waals surface area contributed by atoms with E-state index in [1.165, 1.54) is 6.92 Å². The zero-order valence-corrected chi connectivity index (χ0v) is 8.99. The standard InChI is InChI=1S/C12H15NO2/c1-9(13-10(2)14)8-12(15)11-6-4-3-5-7-11/h3-7,9H,8H2,1-2H3,(H,13,14)/t9-/m0/s1. The van der Waals surface area contributed by atoms with E-state index in [0.717, 1.165) is 0 Å². The lowest BCUT2D eigenvalue weighted by atomic mass is 10.0. The number of ketones is 1. The average Bonchev–Trinajstić information content (AvgIpc) is 2.17. The fourth-order valence-corrected chi connectivity index (χ4v) is 1.42. The minimum absolute atomic E-state index is 0.0526. The Morgan fingerprint density at radius 1 is 1.27 bits per heavy atom. The molecule has 80 valence electrons. The summed E-state index contributed by atoms with van der Waals surface area (Å²) in [7, 11) is 0. The molecule has 3 heteroatoms. The van der Waals surface area contributed by atoms with Gasteiger partial charge in [-0.2, -0.15) is 0 Å². The van der Waals surface area contributed by atoms with E-state index in [-0.39, 0.29) is 17.7 Å². The first-order valence-electron chi connectivity index (χ1n) is 4.95. The zero-order chi connectivity index (χ0) is 11.3. The highest BCUT2D eigenvalue weighted by Crippen LogP contribution is 2.05. The van der Waals surface area contributed by atoms with Crippen LogP contribution in [-0.4, -0.2) is 17.7 Å². The van der Waals surface area contributed by atoms with Crippen LogP contribution in [0.25, 0.3) is 0 Å². The van der Waals surface area contributed by atoms with Crippen LogP contribution in [0.4, 0.5) is 0 Å². The van der Waals surface area contributed by atoms with Crippen LogP contribution >= 0.6 is 0 Å². The van der Waals surface area contributed by atoms with E-state index in [0.29, 0.717) is 12.0 Å². The molecule has 0 aromatic heterocycles. The minimum atomic E-state index is -0.116. The van der Waals surface area contributed by atoms with Crippen molar-refractivity contribution in [2.45, 2.75) is 26.3 Å². The topological polar surface area (TPSA) is 46.2 Å². The van der Waals surface area contributed by atoms with Gasteiger partial charge in [-0.1, -0.05) is 30.3 Å². The van der Waals surface area contributed by atoms with E-state index in [1.54, 1.807) is 12.1 Å². The van der Waals surface area contributed by atoms with Gasteiger partial charge in [-0.05, 0) is 6.92 Å². The number of hydrogen-bond donors (Lipinski definition) is 1. The number of amides is 1. The van der Waals surface area contributed by atoms with Crippen LogP contribution in [-0.2, 0) is 4.79 Å². The summed E-state index contributed by atoms with van der Waals surface area (Å²) in [6.07, 6.45) is 0.337. The van der Waals surface area contributed by atoms with Crippen molar-refractivity contribution in [3.05, 3.63) is 35.9 Å². The third-order valence-corrected chi connectivity index (χ3v) is 2.04. The fourth-order valence-electron chi connectivity index (χ4n) is 1.42. The van der Waals surface area contributed by atoms with Crippen molar-refractivity contribution < 1.29 is 9.59 Å². The minimum Gasteiger partial charge on any atom is -0.353 e. The molecule has 0 spiro atoms. The van der Waals surface area contributed by atoms with Gasteiger partial charge in [0.2, 0.25) is 5.91 Å². The van der Waals surface area contributed by atoms with Gasteiger partial charge in [-0.3, -0.25) is 9.59 Å². The smallest absolute Gasteiger partial charge is 0.217 e. The second-order valence-corrected chi connectivity index (χ2v) is 3.59. The van der Waals surface area contributed by atoms with Gasteiger partial charge in [-0.25, -0.2) is 0 Å². The van der Waals surface area contributed by atoms with Gasteiger partial charge in [-0.15, -0.1) is 0 Å². The van der Waals surface area contributed by atoms with Crippen molar-refractivity contribution in [3.8, 4) is 0 Å². The van der Waals surface area contributed by atoms with Crippen molar-refractivity contribution >= 4 is 11.7 Å². The molecule has 1 aromatic rings. The fraction of sp³-hybridized carbons (Fsp3) is 0.333. The summed E-state index contributed by atoms with van der Waals surface area (Å²) in [4.78, 5) is 22.4. The number of nitrogens with one attached hydrogen (secondary N) is 1. The number of benzene rings is 1. The molecule has 1 N–H and O–H groups in total. The molecule has 0 aliphatic carbocycles. The quantitative estimate of drug-likeness (QED) is 0.762. The SMILES string of the molecule is CC(=O)N[C@@H](C)CC(=O)c1ccccc1. The molecule has 1 amide bonds. The molecule has 0 saturated heterocycles. The summed E-state index contributed by atoms with van der Waals surface area (Å²) >= 11 is 0. The highest BCUT2D eigenvalue weighted by atomic mass is 16.1. The van der Waals surface area contributed by atoms with E-state index in [4.69, 9.17) is 0 Å². The monoisotopic (exact) mass is 205 g/mol. The zero-order valence-electron chi connectivity index (χ0n) is 8.99. The predicted octanol–water partition coefficient (Wildman–Crippen LogP) is 1.78. The number of carbonyl (C=O) groups is 2. The van der Waals surface area contributed by atoms with Crippen LogP contribution < -0.4 is 5.32 Å². The Kier molecular flexibility index (Phi) is 4.03. The first-order valence-corrected chi connectivity index (χ1v) is 4.95. The number of Topliss-reactive ketones (excluding diaryl/α,β-unsaturated/α-hetero) is 1. The van der Waals surface area contributed by atoms with Gasteiger partial charge >= 0.3 is 0 Å². The van der Waals surface area contributed by atoms with Crippen molar-refractivity contribution in [1.82, 2.24) is 5.32 Å². The Balaban J connectivity index is 2.53. The van der Waals surface area contributed by atoms with Gasteiger partial charge in [0.05, 0.1) is 0 Å². The second-order valence-electron chi connectivity index (χ2n) is 3.59. The first-order chi connectivity index (χ1) is 7.09. The summed E-state index contributed by atoms with van der Waals surface area (Å²) in [6.45, 7) is 3.27. The summed E-state index contributed by atoms with van der Waals surface area (Å²) in [5.41, 5.74) is 0.690. The van der Waals surface area contributed by atoms with Crippen LogP contribution in [0.5, 0.6) is 0 Å². The summed E-state index contributed by atoms with van der Waals surface area (Å²) in [5, 5.41) is 2.68. The molecule has 3 nitrogen and oxygen atoms in total. The molecule has 0 heterocycles. The molecular formula is C12H15NO2. The summed E-state index contributed by atoms with van der Waals surface area (Å²) in [5.74, 6) is -0.0554. The summed E-state index contributed by atoms with van der Waals surface area (Å²) < 4.78 is 0. The highest BCUT2D eigenvalue weighted by Gasteiger charge is 2.11. The van der Waals surface area contributed by atoms with Crippen LogP contribution in [0, 0.1) is 0 Å². The second kappa shape index (κ2) is 5.29. The average molecular weight is 205 g/mol. The van der Waals surface area contributed by atoms with Gasteiger partial charge in [0.25, 0.3) is 0 Å². The van der Waals surface area contributed by atoms with E-state index in [9.17, 15) is 9.59 Å². The van der Waals surface area contributed by atoms with Gasteiger partial charge in [0, 0.05) is 24.9 Å². The van der Waals surface area contributed by atoms with Crippen molar-refractivity contribution in [2.24, 2.45) is 0 Å². The molecule has 0 unspecified atom stereocenters. The highest BCUT2D eigenvalue weighted by molar-refractivity contribution is 5.96. The van der Waals surface area contributed by atoms with Crippen LogP contribution in [0.15, 0.2) is 30.3 Å². The number of carbonyl (C=O) groups excluding carboxylic acids is 2. The number of hydrogen-bond acceptors (Lipinski definition) is 2. The maximum absolute atomic E-state index is 11.7. The van der Waals surface area contributed by atoms with Crippen LogP contribution in [0.3, 0.4) is 0 Å². The Hall–Kier alpha value is -1.64. The third-order valence-electron chi connectivity index (χ3n) is 2.04. The molecule has 15 heavy (non-hydrogen) atoms. The largest absolute Gasteiger partial charge is 0.353 e.